The monoisotopic (exact) mass is 274 g/mol. The van der Waals surface area contributed by atoms with Gasteiger partial charge in [0.05, 0.1) is 7.11 Å². The summed E-state index contributed by atoms with van der Waals surface area (Å²) in [5, 5.41) is 3.38. The molecule has 1 saturated carbocycles. The summed E-state index contributed by atoms with van der Waals surface area (Å²) < 4.78 is 5.40. The molecule has 1 saturated heterocycles. The highest BCUT2D eigenvalue weighted by Crippen LogP contribution is 2.44. The number of hydrogen-bond acceptors (Lipinski definition) is 3. The number of ether oxygens (including phenoxy) is 1. The predicted octanol–water partition coefficient (Wildman–Crippen LogP) is 2.75. The van der Waals surface area contributed by atoms with Gasteiger partial charge in [0, 0.05) is 12.1 Å². The van der Waals surface area contributed by atoms with Gasteiger partial charge in [-0.1, -0.05) is 12.1 Å². The molecule has 1 aliphatic carbocycles. The zero-order valence-electron chi connectivity index (χ0n) is 12.9. The minimum absolute atomic E-state index is 0.583. The normalized spacial score (nSPS) is 26.9. The van der Waals surface area contributed by atoms with Crippen molar-refractivity contribution >= 4 is 0 Å². The molecular weight excluding hydrogens is 248 g/mol. The standard InChI is InChI=1S/C17H26N2O/c1-12-10-13(4-7-16(12)20-3)17-14(11-18-2)8-9-19(17)15-5-6-15/h4,7,10,14-15,17-18H,5-6,8-9,11H2,1-3H3. The van der Waals surface area contributed by atoms with Crippen LogP contribution in [0, 0.1) is 12.8 Å². The third-order valence-electron chi connectivity index (χ3n) is 4.80. The molecule has 0 bridgehead atoms. The molecule has 0 radical (unpaired) electrons. The third-order valence-corrected chi connectivity index (χ3v) is 4.80. The average Bonchev–Trinajstić information content (AvgIpc) is 3.21. The molecule has 2 atom stereocenters. The van der Waals surface area contributed by atoms with E-state index in [1.165, 1.54) is 36.9 Å². The second kappa shape index (κ2) is 5.74. The maximum Gasteiger partial charge on any atom is 0.121 e. The minimum atomic E-state index is 0.583. The first-order chi connectivity index (χ1) is 9.74. The highest BCUT2D eigenvalue weighted by Gasteiger charge is 2.42. The van der Waals surface area contributed by atoms with Gasteiger partial charge >= 0.3 is 0 Å². The van der Waals surface area contributed by atoms with E-state index in [2.05, 4.69) is 42.4 Å². The lowest BCUT2D eigenvalue weighted by molar-refractivity contribution is 0.217. The van der Waals surface area contributed by atoms with E-state index in [4.69, 9.17) is 4.74 Å². The van der Waals surface area contributed by atoms with E-state index in [0.29, 0.717) is 6.04 Å². The van der Waals surface area contributed by atoms with Crippen molar-refractivity contribution in [2.24, 2.45) is 5.92 Å². The van der Waals surface area contributed by atoms with Crippen LogP contribution in [0.4, 0.5) is 0 Å². The molecule has 20 heavy (non-hydrogen) atoms. The zero-order valence-corrected chi connectivity index (χ0v) is 12.9. The Labute approximate surface area is 122 Å². The van der Waals surface area contributed by atoms with Gasteiger partial charge in [-0.15, -0.1) is 0 Å². The van der Waals surface area contributed by atoms with Crippen LogP contribution in [0.25, 0.3) is 0 Å². The molecule has 3 nitrogen and oxygen atoms in total. The van der Waals surface area contributed by atoms with Crippen molar-refractivity contribution in [2.45, 2.75) is 38.3 Å². The number of nitrogens with zero attached hydrogens (tertiary/aromatic N) is 1. The molecule has 1 aromatic rings. The highest BCUT2D eigenvalue weighted by molar-refractivity contribution is 5.38. The fraction of sp³-hybridized carbons (Fsp3) is 0.647. The second-order valence-electron chi connectivity index (χ2n) is 6.25. The van der Waals surface area contributed by atoms with Crippen molar-refractivity contribution in [2.75, 3.05) is 27.2 Å². The molecule has 0 amide bonds. The number of nitrogens with one attached hydrogen (secondary N) is 1. The van der Waals surface area contributed by atoms with E-state index in [0.717, 1.165) is 24.3 Å². The van der Waals surface area contributed by atoms with Crippen molar-refractivity contribution in [1.29, 1.82) is 0 Å². The molecule has 2 aliphatic rings. The van der Waals surface area contributed by atoms with Gasteiger partial charge in [0.2, 0.25) is 0 Å². The molecule has 0 aromatic heterocycles. The van der Waals surface area contributed by atoms with Crippen LogP contribution in [0.3, 0.4) is 0 Å². The Balaban J connectivity index is 1.88. The van der Waals surface area contributed by atoms with Gasteiger partial charge in [0.15, 0.2) is 0 Å². The van der Waals surface area contributed by atoms with E-state index >= 15 is 0 Å². The Morgan fingerprint density at radius 3 is 2.70 bits per heavy atom. The van der Waals surface area contributed by atoms with Gasteiger partial charge in [-0.3, -0.25) is 4.90 Å². The Bertz CT molecular complexity index is 470. The quantitative estimate of drug-likeness (QED) is 0.893. The summed E-state index contributed by atoms with van der Waals surface area (Å²) in [7, 11) is 3.81. The van der Waals surface area contributed by atoms with Crippen LogP contribution in [0.2, 0.25) is 0 Å². The summed E-state index contributed by atoms with van der Waals surface area (Å²) in [5.41, 5.74) is 2.71. The van der Waals surface area contributed by atoms with E-state index < -0.39 is 0 Å². The molecule has 1 heterocycles. The molecule has 1 N–H and O–H groups in total. The van der Waals surface area contributed by atoms with Crippen LogP contribution in [0.1, 0.15) is 36.4 Å². The van der Waals surface area contributed by atoms with Crippen LogP contribution in [0.5, 0.6) is 5.75 Å². The maximum atomic E-state index is 5.40. The third kappa shape index (κ3) is 2.57. The van der Waals surface area contributed by atoms with Crippen molar-refractivity contribution in [3.05, 3.63) is 29.3 Å². The Kier molecular flexibility index (Phi) is 3.99. The van der Waals surface area contributed by atoms with Crippen LogP contribution in [0.15, 0.2) is 18.2 Å². The van der Waals surface area contributed by atoms with Crippen molar-refractivity contribution in [3.63, 3.8) is 0 Å². The summed E-state index contributed by atoms with van der Waals surface area (Å²) in [6, 6.07) is 8.14. The molecule has 3 rings (SSSR count). The highest BCUT2D eigenvalue weighted by atomic mass is 16.5. The number of likely N-dealkylation sites (tertiary alicyclic amines) is 1. The SMILES string of the molecule is CNCC1CCN(C2CC2)C1c1ccc(OC)c(C)c1. The number of rotatable bonds is 5. The lowest BCUT2D eigenvalue weighted by Crippen LogP contribution is -2.30. The molecule has 2 fully saturated rings. The van der Waals surface area contributed by atoms with Crippen LogP contribution in [-0.2, 0) is 0 Å². The predicted molar refractivity (Wildman–Crippen MR) is 82.2 cm³/mol. The largest absolute Gasteiger partial charge is 0.496 e. The Morgan fingerprint density at radius 1 is 1.30 bits per heavy atom. The molecular formula is C17H26N2O. The first-order valence-electron chi connectivity index (χ1n) is 7.79. The van der Waals surface area contributed by atoms with Crippen LogP contribution < -0.4 is 10.1 Å². The Morgan fingerprint density at radius 2 is 2.10 bits per heavy atom. The lowest BCUT2D eigenvalue weighted by atomic mass is 9.92. The number of hydrogen-bond donors (Lipinski definition) is 1. The topological polar surface area (TPSA) is 24.5 Å². The minimum Gasteiger partial charge on any atom is -0.496 e. The van der Waals surface area contributed by atoms with E-state index in [1.807, 2.05) is 0 Å². The van der Waals surface area contributed by atoms with Gasteiger partial charge in [0.25, 0.3) is 0 Å². The summed E-state index contributed by atoms with van der Waals surface area (Å²) in [6.45, 7) is 4.51. The zero-order chi connectivity index (χ0) is 14.1. The summed E-state index contributed by atoms with van der Waals surface area (Å²) in [4.78, 5) is 2.74. The molecule has 110 valence electrons. The molecule has 0 spiro atoms. The molecule has 1 aliphatic heterocycles. The summed E-state index contributed by atoms with van der Waals surface area (Å²) in [6.07, 6.45) is 4.09. The van der Waals surface area contributed by atoms with Gasteiger partial charge in [-0.05, 0) is 69.4 Å². The van der Waals surface area contributed by atoms with Crippen molar-refractivity contribution in [3.8, 4) is 5.75 Å². The first-order valence-corrected chi connectivity index (χ1v) is 7.79. The lowest BCUT2D eigenvalue weighted by Gasteiger charge is -2.29. The molecule has 3 heteroatoms. The fourth-order valence-electron chi connectivity index (χ4n) is 3.72. The van der Waals surface area contributed by atoms with E-state index in [-0.39, 0.29) is 0 Å². The van der Waals surface area contributed by atoms with Crippen molar-refractivity contribution in [1.82, 2.24) is 10.2 Å². The summed E-state index contributed by atoms with van der Waals surface area (Å²) in [5.74, 6) is 1.73. The van der Waals surface area contributed by atoms with E-state index in [1.54, 1.807) is 7.11 Å². The molecule has 1 aromatic carbocycles. The van der Waals surface area contributed by atoms with Crippen molar-refractivity contribution < 1.29 is 4.74 Å². The second-order valence-corrected chi connectivity index (χ2v) is 6.25. The van der Waals surface area contributed by atoms with Gasteiger partial charge in [-0.25, -0.2) is 0 Å². The van der Waals surface area contributed by atoms with Crippen LogP contribution >= 0.6 is 0 Å². The average molecular weight is 274 g/mol. The number of aryl methyl sites for hydroxylation is 1. The van der Waals surface area contributed by atoms with Gasteiger partial charge in [-0.2, -0.15) is 0 Å². The molecule has 2 unspecified atom stereocenters. The van der Waals surface area contributed by atoms with Gasteiger partial charge < -0.3 is 10.1 Å². The smallest absolute Gasteiger partial charge is 0.121 e. The first kappa shape index (κ1) is 13.9. The van der Waals surface area contributed by atoms with Gasteiger partial charge in [0.1, 0.15) is 5.75 Å². The van der Waals surface area contributed by atoms with Crippen LogP contribution in [-0.4, -0.2) is 38.2 Å². The number of methoxy groups -OCH3 is 1. The Hall–Kier alpha value is -1.06. The number of benzene rings is 1. The fourth-order valence-corrected chi connectivity index (χ4v) is 3.72. The summed E-state index contributed by atoms with van der Waals surface area (Å²) >= 11 is 0. The maximum absolute atomic E-state index is 5.40. The van der Waals surface area contributed by atoms with E-state index in [9.17, 15) is 0 Å².